The van der Waals surface area contributed by atoms with Gasteiger partial charge in [-0.2, -0.15) is 0 Å². The number of nitrogens with zero attached hydrogens (tertiary/aromatic N) is 4. The Hall–Kier alpha value is -2.05. The number of amidine groups is 1. The van der Waals surface area contributed by atoms with Crippen LogP contribution in [0.4, 0.5) is 0 Å². The van der Waals surface area contributed by atoms with Crippen LogP contribution in [0.1, 0.15) is 41.7 Å². The SMILES string of the molecule is Cc1cc([C@@H]2[C@@H](c3ccccn3)N=C3S[C@@H](C)CN32)c(C)n1-c1ccccc1Br. The molecular weight excluding hydrogens is 444 g/mol. The summed E-state index contributed by atoms with van der Waals surface area (Å²) in [6, 6.07) is 17.1. The van der Waals surface area contributed by atoms with E-state index in [9.17, 15) is 0 Å². The van der Waals surface area contributed by atoms with Crippen LogP contribution in [0, 0.1) is 13.8 Å². The van der Waals surface area contributed by atoms with E-state index in [1.807, 2.05) is 24.0 Å². The van der Waals surface area contributed by atoms with Crippen LogP contribution in [0.2, 0.25) is 0 Å². The molecule has 0 spiro atoms. The lowest BCUT2D eigenvalue weighted by Crippen LogP contribution is -2.28. The molecule has 148 valence electrons. The first-order valence-corrected chi connectivity index (χ1v) is 11.6. The third kappa shape index (κ3) is 3.13. The summed E-state index contributed by atoms with van der Waals surface area (Å²) in [7, 11) is 0. The molecule has 5 rings (SSSR count). The molecule has 1 fully saturated rings. The van der Waals surface area contributed by atoms with Gasteiger partial charge in [-0.25, -0.2) is 0 Å². The number of halogens is 1. The molecule has 2 aliphatic heterocycles. The van der Waals surface area contributed by atoms with Gasteiger partial charge in [0.1, 0.15) is 6.04 Å². The van der Waals surface area contributed by atoms with Crippen LogP contribution in [0.25, 0.3) is 5.69 Å². The van der Waals surface area contributed by atoms with Crippen molar-refractivity contribution in [3.8, 4) is 5.69 Å². The third-order valence-corrected chi connectivity index (χ3v) is 7.54. The Morgan fingerprint density at radius 3 is 2.66 bits per heavy atom. The van der Waals surface area contributed by atoms with Crippen molar-refractivity contribution in [2.24, 2.45) is 4.99 Å². The second kappa shape index (κ2) is 7.33. The standard InChI is InChI=1S/C23H23BrN4S/c1-14-12-17(16(3)28(14)20-10-5-4-8-18(20)24)22-21(19-9-6-7-11-25-19)26-23-27(22)13-15(2)29-23/h4-12,15,21-22H,13H2,1-3H3/t15-,21+,22+/m0/s1. The predicted octanol–water partition coefficient (Wildman–Crippen LogP) is 5.84. The van der Waals surface area contributed by atoms with Gasteiger partial charge in [-0.3, -0.25) is 9.98 Å². The predicted molar refractivity (Wildman–Crippen MR) is 124 cm³/mol. The quantitative estimate of drug-likeness (QED) is 0.485. The van der Waals surface area contributed by atoms with Gasteiger partial charge in [0, 0.05) is 33.9 Å². The zero-order valence-corrected chi connectivity index (χ0v) is 19.1. The maximum atomic E-state index is 5.12. The highest BCUT2D eigenvalue weighted by Gasteiger charge is 2.44. The molecule has 0 aliphatic carbocycles. The Morgan fingerprint density at radius 1 is 1.10 bits per heavy atom. The van der Waals surface area contributed by atoms with Crippen LogP contribution in [0.3, 0.4) is 0 Å². The zero-order chi connectivity index (χ0) is 20.1. The number of fused-ring (bicyclic) bond motifs is 1. The first kappa shape index (κ1) is 18.9. The maximum Gasteiger partial charge on any atom is 0.160 e. The van der Waals surface area contributed by atoms with Gasteiger partial charge in [0.2, 0.25) is 0 Å². The Balaban J connectivity index is 1.64. The van der Waals surface area contributed by atoms with Gasteiger partial charge in [-0.1, -0.05) is 36.9 Å². The molecule has 1 saturated heterocycles. The lowest BCUT2D eigenvalue weighted by molar-refractivity contribution is 0.320. The second-order valence-corrected chi connectivity index (χ2v) is 10.0. The molecular formula is C23H23BrN4S. The van der Waals surface area contributed by atoms with Gasteiger partial charge in [0.15, 0.2) is 5.17 Å². The number of pyridine rings is 1. The van der Waals surface area contributed by atoms with Crippen molar-refractivity contribution in [2.75, 3.05) is 6.54 Å². The first-order valence-electron chi connectivity index (χ1n) is 9.90. The van der Waals surface area contributed by atoms with E-state index in [1.165, 1.54) is 22.6 Å². The van der Waals surface area contributed by atoms with Gasteiger partial charge in [0.25, 0.3) is 0 Å². The summed E-state index contributed by atoms with van der Waals surface area (Å²) < 4.78 is 3.45. The molecule has 1 aromatic carbocycles. The van der Waals surface area contributed by atoms with E-state index < -0.39 is 0 Å². The summed E-state index contributed by atoms with van der Waals surface area (Å²) in [4.78, 5) is 12.3. The summed E-state index contributed by atoms with van der Waals surface area (Å²) in [6.07, 6.45) is 1.87. The van der Waals surface area contributed by atoms with Crippen molar-refractivity contribution in [1.82, 2.24) is 14.5 Å². The highest BCUT2D eigenvalue weighted by molar-refractivity contribution is 9.10. The van der Waals surface area contributed by atoms with E-state index in [4.69, 9.17) is 4.99 Å². The summed E-state index contributed by atoms with van der Waals surface area (Å²) in [6.45, 7) is 7.71. The summed E-state index contributed by atoms with van der Waals surface area (Å²) >= 11 is 5.61. The third-order valence-electron chi connectivity index (χ3n) is 5.76. The Kier molecular flexibility index (Phi) is 4.79. The van der Waals surface area contributed by atoms with Gasteiger partial charge in [-0.15, -0.1) is 0 Å². The number of aryl methyl sites for hydroxylation is 1. The fourth-order valence-corrected chi connectivity index (χ4v) is 6.10. The Morgan fingerprint density at radius 2 is 1.90 bits per heavy atom. The molecule has 3 aromatic rings. The number of para-hydroxylation sites is 1. The van der Waals surface area contributed by atoms with Crippen molar-refractivity contribution in [2.45, 2.75) is 38.1 Å². The molecule has 0 saturated carbocycles. The topological polar surface area (TPSA) is 33.4 Å². The minimum atomic E-state index is 0.0272. The molecule has 0 unspecified atom stereocenters. The van der Waals surface area contributed by atoms with E-state index in [-0.39, 0.29) is 12.1 Å². The maximum absolute atomic E-state index is 5.12. The van der Waals surface area contributed by atoms with E-state index in [0.29, 0.717) is 5.25 Å². The summed E-state index contributed by atoms with van der Waals surface area (Å²) in [5.41, 5.74) is 6.05. The number of aromatic nitrogens is 2. The largest absolute Gasteiger partial charge is 0.341 e. The molecule has 0 amide bonds. The average Bonchev–Trinajstić information content (AvgIpc) is 3.33. The molecule has 6 heteroatoms. The lowest BCUT2D eigenvalue weighted by Gasteiger charge is -2.27. The number of benzene rings is 1. The van der Waals surface area contributed by atoms with Crippen LogP contribution in [-0.4, -0.2) is 31.4 Å². The van der Waals surface area contributed by atoms with Crippen molar-refractivity contribution in [3.05, 3.63) is 81.8 Å². The molecule has 4 heterocycles. The van der Waals surface area contributed by atoms with Crippen LogP contribution in [0.15, 0.2) is 64.2 Å². The lowest BCUT2D eigenvalue weighted by atomic mass is 9.96. The number of hydrogen-bond acceptors (Lipinski definition) is 4. The molecule has 2 aromatic heterocycles. The second-order valence-electron chi connectivity index (χ2n) is 7.75. The minimum absolute atomic E-state index is 0.0272. The molecule has 3 atom stereocenters. The number of thioether (sulfide) groups is 1. The normalized spacial score (nSPS) is 23.4. The molecule has 2 aliphatic rings. The molecule has 29 heavy (non-hydrogen) atoms. The van der Waals surface area contributed by atoms with Gasteiger partial charge >= 0.3 is 0 Å². The molecule has 0 N–H and O–H groups in total. The van der Waals surface area contributed by atoms with E-state index in [1.54, 1.807) is 0 Å². The Bertz CT molecular complexity index is 1090. The fourth-order valence-electron chi connectivity index (χ4n) is 4.54. The van der Waals surface area contributed by atoms with Crippen molar-refractivity contribution in [1.29, 1.82) is 0 Å². The van der Waals surface area contributed by atoms with Crippen LogP contribution in [0.5, 0.6) is 0 Å². The highest BCUT2D eigenvalue weighted by Crippen LogP contribution is 2.49. The van der Waals surface area contributed by atoms with Crippen LogP contribution < -0.4 is 0 Å². The van der Waals surface area contributed by atoms with Gasteiger partial charge in [0.05, 0.1) is 17.4 Å². The molecule has 0 radical (unpaired) electrons. The van der Waals surface area contributed by atoms with E-state index in [2.05, 4.69) is 93.6 Å². The monoisotopic (exact) mass is 466 g/mol. The Labute approximate surface area is 184 Å². The average molecular weight is 467 g/mol. The van der Waals surface area contributed by atoms with Crippen molar-refractivity contribution < 1.29 is 0 Å². The number of aliphatic imine (C=N–C) groups is 1. The van der Waals surface area contributed by atoms with Crippen molar-refractivity contribution in [3.63, 3.8) is 0 Å². The number of rotatable bonds is 3. The van der Waals surface area contributed by atoms with Crippen LogP contribution in [-0.2, 0) is 0 Å². The number of hydrogen-bond donors (Lipinski definition) is 0. The molecule has 4 nitrogen and oxygen atoms in total. The fraction of sp³-hybridized carbons (Fsp3) is 0.304. The smallest absolute Gasteiger partial charge is 0.160 e. The van der Waals surface area contributed by atoms with E-state index >= 15 is 0 Å². The first-order chi connectivity index (χ1) is 14.0. The molecule has 0 bridgehead atoms. The summed E-state index contributed by atoms with van der Waals surface area (Å²) in [5, 5.41) is 1.72. The van der Waals surface area contributed by atoms with Gasteiger partial charge in [-0.05, 0) is 65.7 Å². The van der Waals surface area contributed by atoms with Crippen molar-refractivity contribution >= 4 is 32.9 Å². The van der Waals surface area contributed by atoms with E-state index in [0.717, 1.165) is 21.9 Å². The highest BCUT2D eigenvalue weighted by atomic mass is 79.9. The van der Waals surface area contributed by atoms with Crippen LogP contribution >= 0.6 is 27.7 Å². The zero-order valence-electron chi connectivity index (χ0n) is 16.7. The summed E-state index contributed by atoms with van der Waals surface area (Å²) in [5.74, 6) is 0. The minimum Gasteiger partial charge on any atom is -0.341 e. The van der Waals surface area contributed by atoms with Gasteiger partial charge < -0.3 is 9.47 Å².